The average molecular weight is 367 g/mol. The summed E-state index contributed by atoms with van der Waals surface area (Å²) in [4.78, 5) is 4.51. The maximum absolute atomic E-state index is 6.23. The van der Waals surface area contributed by atoms with Crippen LogP contribution in [0.5, 0.6) is 5.75 Å². The maximum Gasteiger partial charge on any atom is 0.150 e. The fraction of sp³-hybridized carbons (Fsp3) is 0.375. The Balaban J connectivity index is 3.28. The Kier molecular flexibility index (Phi) is 9.95. The molecule has 0 radical (unpaired) electrons. The molecule has 1 N–H and O–H groups in total. The van der Waals surface area contributed by atoms with Gasteiger partial charge in [0.2, 0.25) is 0 Å². The molecule has 146 valence electrons. The smallest absolute Gasteiger partial charge is 0.150 e. The third-order valence-corrected chi connectivity index (χ3v) is 4.10. The standard InChI is InChI=1S/C24H34N2O/c1-8-12-14-21(10-3)27-23-17-18(5)15-16-22(23)26-24(25-11-4)20(7)19(6)13-9-2/h9,11,13-17,26H,6,8,10,12H2,1-5,7H3/b13-9-,21-14+,24-20+,25-11?. The molecule has 0 bridgehead atoms. The van der Waals surface area contributed by atoms with Gasteiger partial charge in [0, 0.05) is 12.6 Å². The van der Waals surface area contributed by atoms with Crippen molar-refractivity contribution in [2.45, 2.75) is 60.8 Å². The number of unbranched alkanes of at least 4 members (excludes halogenated alkanes) is 1. The number of aliphatic imine (C=N–C) groups is 1. The average Bonchev–Trinajstić information content (AvgIpc) is 2.66. The van der Waals surface area contributed by atoms with E-state index in [4.69, 9.17) is 4.74 Å². The minimum Gasteiger partial charge on any atom is -0.460 e. The van der Waals surface area contributed by atoms with Gasteiger partial charge in [0.05, 0.1) is 11.4 Å². The molecule has 27 heavy (non-hydrogen) atoms. The van der Waals surface area contributed by atoms with E-state index >= 15 is 0 Å². The van der Waals surface area contributed by atoms with Crippen LogP contribution < -0.4 is 10.1 Å². The molecular formula is C24H34N2O. The maximum atomic E-state index is 6.23. The van der Waals surface area contributed by atoms with Gasteiger partial charge in [-0.25, -0.2) is 4.99 Å². The zero-order chi connectivity index (χ0) is 20.2. The summed E-state index contributed by atoms with van der Waals surface area (Å²) in [6.07, 6.45) is 10.9. The molecular weight excluding hydrogens is 332 g/mol. The van der Waals surface area contributed by atoms with Crippen molar-refractivity contribution in [3.8, 4) is 5.75 Å². The lowest BCUT2D eigenvalue weighted by Crippen LogP contribution is -2.05. The van der Waals surface area contributed by atoms with Crippen molar-refractivity contribution in [3.05, 3.63) is 71.3 Å². The molecule has 0 spiro atoms. The number of benzene rings is 1. The number of nitrogens with one attached hydrogen (secondary N) is 1. The van der Waals surface area contributed by atoms with E-state index in [1.54, 1.807) is 6.21 Å². The minimum absolute atomic E-state index is 0.768. The fourth-order valence-electron chi connectivity index (χ4n) is 2.48. The molecule has 1 aromatic rings. The molecule has 0 aromatic heterocycles. The van der Waals surface area contributed by atoms with Crippen molar-refractivity contribution < 1.29 is 4.74 Å². The predicted molar refractivity (Wildman–Crippen MR) is 120 cm³/mol. The summed E-state index contributed by atoms with van der Waals surface area (Å²) < 4.78 is 6.23. The number of nitrogens with zero attached hydrogens (tertiary/aromatic N) is 1. The summed E-state index contributed by atoms with van der Waals surface area (Å²) in [5.74, 6) is 2.57. The van der Waals surface area contributed by atoms with Gasteiger partial charge >= 0.3 is 0 Å². The van der Waals surface area contributed by atoms with Crippen molar-refractivity contribution in [1.29, 1.82) is 0 Å². The van der Waals surface area contributed by atoms with Crippen LogP contribution in [0, 0.1) is 6.92 Å². The van der Waals surface area contributed by atoms with E-state index in [0.29, 0.717) is 0 Å². The third-order valence-electron chi connectivity index (χ3n) is 4.10. The molecule has 1 aromatic carbocycles. The number of allylic oxidation sites excluding steroid dienone is 6. The van der Waals surface area contributed by atoms with Crippen molar-refractivity contribution >= 4 is 11.9 Å². The summed E-state index contributed by atoms with van der Waals surface area (Å²) in [6.45, 7) is 16.4. The van der Waals surface area contributed by atoms with Gasteiger partial charge in [0.15, 0.2) is 5.75 Å². The van der Waals surface area contributed by atoms with Gasteiger partial charge in [0.1, 0.15) is 5.82 Å². The first-order valence-corrected chi connectivity index (χ1v) is 9.72. The van der Waals surface area contributed by atoms with E-state index in [2.05, 4.69) is 55.9 Å². The van der Waals surface area contributed by atoms with Crippen LogP contribution in [0.4, 0.5) is 5.69 Å². The number of rotatable bonds is 10. The number of ether oxygens (including phenoxy) is 1. The molecule has 0 aliphatic rings. The Morgan fingerprint density at radius 1 is 1.26 bits per heavy atom. The largest absolute Gasteiger partial charge is 0.460 e. The topological polar surface area (TPSA) is 33.6 Å². The van der Waals surface area contributed by atoms with Gasteiger partial charge < -0.3 is 10.1 Å². The van der Waals surface area contributed by atoms with Crippen molar-refractivity contribution in [3.63, 3.8) is 0 Å². The second-order valence-corrected chi connectivity index (χ2v) is 6.43. The summed E-state index contributed by atoms with van der Waals surface area (Å²) in [6, 6.07) is 6.16. The quantitative estimate of drug-likeness (QED) is 0.267. The van der Waals surface area contributed by atoms with E-state index in [1.165, 1.54) is 0 Å². The van der Waals surface area contributed by atoms with Gasteiger partial charge in [-0.1, -0.05) is 45.1 Å². The van der Waals surface area contributed by atoms with Gasteiger partial charge in [-0.2, -0.15) is 0 Å². The highest BCUT2D eigenvalue weighted by molar-refractivity contribution is 5.65. The van der Waals surface area contributed by atoms with E-state index in [-0.39, 0.29) is 0 Å². The van der Waals surface area contributed by atoms with Crippen LogP contribution >= 0.6 is 0 Å². The number of hydrogen-bond acceptors (Lipinski definition) is 3. The predicted octanol–water partition coefficient (Wildman–Crippen LogP) is 7.33. The monoisotopic (exact) mass is 366 g/mol. The molecule has 3 heteroatoms. The zero-order valence-corrected chi connectivity index (χ0v) is 17.7. The number of anilines is 1. The molecule has 0 unspecified atom stereocenters. The Labute approximate surface area is 165 Å². The van der Waals surface area contributed by atoms with Crippen LogP contribution in [0.25, 0.3) is 0 Å². The van der Waals surface area contributed by atoms with Gasteiger partial charge in [-0.15, -0.1) is 0 Å². The number of hydrogen-bond donors (Lipinski definition) is 1. The Hall–Kier alpha value is -2.55. The van der Waals surface area contributed by atoms with Crippen molar-refractivity contribution in [2.24, 2.45) is 4.99 Å². The molecule has 3 nitrogen and oxygen atoms in total. The normalized spacial score (nSPS) is 13.2. The van der Waals surface area contributed by atoms with Crippen LogP contribution in [0.3, 0.4) is 0 Å². The summed E-state index contributed by atoms with van der Waals surface area (Å²) in [5, 5.41) is 3.44. The highest BCUT2D eigenvalue weighted by Crippen LogP contribution is 2.31. The highest BCUT2D eigenvalue weighted by atomic mass is 16.5. The molecule has 0 aliphatic carbocycles. The van der Waals surface area contributed by atoms with E-state index in [0.717, 1.165) is 59.0 Å². The molecule has 1 rings (SSSR count). The van der Waals surface area contributed by atoms with Crippen LogP contribution in [0.1, 0.15) is 59.4 Å². The van der Waals surface area contributed by atoms with Crippen LogP contribution in [-0.4, -0.2) is 6.21 Å². The second-order valence-electron chi connectivity index (χ2n) is 6.43. The third kappa shape index (κ3) is 7.30. The van der Waals surface area contributed by atoms with Crippen LogP contribution in [0.2, 0.25) is 0 Å². The Bertz CT molecular complexity index is 752. The van der Waals surface area contributed by atoms with Crippen molar-refractivity contribution in [2.75, 3.05) is 5.32 Å². The Morgan fingerprint density at radius 3 is 2.59 bits per heavy atom. The molecule has 0 saturated heterocycles. The SMILES string of the molecule is C=C(/C=C\C)/C(C)=C(\N=CC)Nc1ccc(C)cc1O/C(=C/CCC)CC. The van der Waals surface area contributed by atoms with Crippen LogP contribution in [0.15, 0.2) is 70.7 Å². The van der Waals surface area contributed by atoms with Gasteiger partial charge in [0.25, 0.3) is 0 Å². The lowest BCUT2D eigenvalue weighted by molar-refractivity contribution is 0.408. The first kappa shape index (κ1) is 22.5. The van der Waals surface area contributed by atoms with Crippen LogP contribution in [-0.2, 0) is 0 Å². The zero-order valence-electron chi connectivity index (χ0n) is 17.7. The molecule has 0 fully saturated rings. The summed E-state index contributed by atoms with van der Waals surface area (Å²) in [5.41, 5.74) is 3.97. The fourth-order valence-corrected chi connectivity index (χ4v) is 2.48. The second kappa shape index (κ2) is 11.9. The van der Waals surface area contributed by atoms with E-state index in [1.807, 2.05) is 39.0 Å². The molecule has 0 heterocycles. The summed E-state index contributed by atoms with van der Waals surface area (Å²) >= 11 is 0. The molecule has 0 atom stereocenters. The Morgan fingerprint density at radius 2 is 2.00 bits per heavy atom. The highest BCUT2D eigenvalue weighted by Gasteiger charge is 2.10. The number of aryl methyl sites for hydroxylation is 1. The van der Waals surface area contributed by atoms with E-state index < -0.39 is 0 Å². The van der Waals surface area contributed by atoms with Gasteiger partial charge in [-0.05, 0) is 69.0 Å². The first-order chi connectivity index (χ1) is 13.0. The van der Waals surface area contributed by atoms with Crippen molar-refractivity contribution in [1.82, 2.24) is 0 Å². The minimum atomic E-state index is 0.768. The molecule has 0 saturated carbocycles. The van der Waals surface area contributed by atoms with Gasteiger partial charge in [-0.3, -0.25) is 0 Å². The molecule has 0 aliphatic heterocycles. The lowest BCUT2D eigenvalue weighted by atomic mass is 10.1. The summed E-state index contributed by atoms with van der Waals surface area (Å²) in [7, 11) is 0. The van der Waals surface area contributed by atoms with E-state index in [9.17, 15) is 0 Å². The molecule has 0 amide bonds. The first-order valence-electron chi connectivity index (χ1n) is 9.72. The lowest BCUT2D eigenvalue weighted by Gasteiger charge is -2.17.